The summed E-state index contributed by atoms with van der Waals surface area (Å²) in [4.78, 5) is 4.98. The van der Waals surface area contributed by atoms with Gasteiger partial charge in [-0.1, -0.05) is 6.92 Å². The molecule has 0 amide bonds. The van der Waals surface area contributed by atoms with E-state index in [9.17, 15) is 0 Å². The summed E-state index contributed by atoms with van der Waals surface area (Å²) < 4.78 is 5.37. The van der Waals surface area contributed by atoms with E-state index >= 15 is 0 Å². The normalized spacial score (nSPS) is 27.2. The van der Waals surface area contributed by atoms with Crippen LogP contribution in [0.15, 0.2) is 0 Å². The number of hydrogen-bond acceptors (Lipinski definition) is 4. The largest absolute Gasteiger partial charge is 0.379 e. The molecule has 1 unspecified atom stereocenters. The van der Waals surface area contributed by atoms with E-state index in [1.807, 2.05) is 0 Å². The summed E-state index contributed by atoms with van der Waals surface area (Å²) in [6.07, 6.45) is 2.55. The number of piperidine rings is 1. The second-order valence-electron chi connectivity index (χ2n) is 5.35. The van der Waals surface area contributed by atoms with Crippen molar-refractivity contribution in [2.45, 2.75) is 25.8 Å². The lowest BCUT2D eigenvalue weighted by Crippen LogP contribution is -2.49. The summed E-state index contributed by atoms with van der Waals surface area (Å²) >= 11 is 0. The Bertz CT molecular complexity index is 211. The van der Waals surface area contributed by atoms with Crippen molar-refractivity contribution in [2.24, 2.45) is 11.7 Å². The molecule has 100 valence electrons. The third kappa shape index (κ3) is 3.91. The zero-order chi connectivity index (χ0) is 12.1. The monoisotopic (exact) mass is 241 g/mol. The van der Waals surface area contributed by atoms with Crippen LogP contribution in [0.5, 0.6) is 0 Å². The number of nitrogens with two attached hydrogens (primary N) is 1. The van der Waals surface area contributed by atoms with Crippen LogP contribution in [0.1, 0.15) is 19.8 Å². The first-order valence-corrected chi connectivity index (χ1v) is 7.07. The average molecular weight is 241 g/mol. The Morgan fingerprint density at radius 2 is 1.76 bits per heavy atom. The molecule has 0 aromatic heterocycles. The first-order chi connectivity index (χ1) is 8.29. The molecule has 0 aromatic carbocycles. The summed E-state index contributed by atoms with van der Waals surface area (Å²) in [7, 11) is 0. The third-order valence-corrected chi connectivity index (χ3v) is 4.26. The molecule has 2 aliphatic rings. The van der Waals surface area contributed by atoms with Crippen molar-refractivity contribution in [3.05, 3.63) is 0 Å². The van der Waals surface area contributed by atoms with E-state index in [4.69, 9.17) is 10.5 Å². The van der Waals surface area contributed by atoms with Crippen molar-refractivity contribution in [3.63, 3.8) is 0 Å². The molecular formula is C13H27N3O. The SMILES string of the molecule is CCN1CCC(C(N)CN2CCOCC2)CC1. The number of likely N-dealkylation sites (tertiary alicyclic amines) is 1. The first-order valence-electron chi connectivity index (χ1n) is 7.07. The van der Waals surface area contributed by atoms with Crippen LogP contribution in [0.25, 0.3) is 0 Å². The molecule has 4 nitrogen and oxygen atoms in total. The lowest BCUT2D eigenvalue weighted by molar-refractivity contribution is 0.0300. The van der Waals surface area contributed by atoms with E-state index in [-0.39, 0.29) is 0 Å². The van der Waals surface area contributed by atoms with Crippen molar-refractivity contribution in [3.8, 4) is 0 Å². The van der Waals surface area contributed by atoms with Gasteiger partial charge in [0.1, 0.15) is 0 Å². The lowest BCUT2D eigenvalue weighted by atomic mass is 9.89. The van der Waals surface area contributed by atoms with Crippen LogP contribution in [-0.4, -0.2) is 68.3 Å². The highest BCUT2D eigenvalue weighted by molar-refractivity contribution is 4.82. The van der Waals surface area contributed by atoms with Gasteiger partial charge in [-0.3, -0.25) is 4.90 Å². The topological polar surface area (TPSA) is 41.7 Å². The van der Waals surface area contributed by atoms with Gasteiger partial charge in [0, 0.05) is 25.7 Å². The van der Waals surface area contributed by atoms with Crippen molar-refractivity contribution >= 4 is 0 Å². The van der Waals surface area contributed by atoms with Gasteiger partial charge < -0.3 is 15.4 Å². The molecule has 0 bridgehead atoms. The third-order valence-electron chi connectivity index (χ3n) is 4.26. The number of hydrogen-bond donors (Lipinski definition) is 1. The minimum atomic E-state index is 0.354. The molecule has 2 fully saturated rings. The minimum Gasteiger partial charge on any atom is -0.379 e. The Morgan fingerprint density at radius 1 is 1.12 bits per heavy atom. The smallest absolute Gasteiger partial charge is 0.0594 e. The van der Waals surface area contributed by atoms with Crippen LogP contribution in [0.2, 0.25) is 0 Å². The number of nitrogens with zero attached hydrogens (tertiary/aromatic N) is 2. The molecule has 2 aliphatic heterocycles. The molecule has 0 saturated carbocycles. The standard InChI is InChI=1S/C13H27N3O/c1-2-15-5-3-12(4-6-15)13(14)11-16-7-9-17-10-8-16/h12-13H,2-11,14H2,1H3. The first kappa shape index (κ1) is 13.3. The molecule has 17 heavy (non-hydrogen) atoms. The van der Waals surface area contributed by atoms with Crippen LogP contribution in [0.4, 0.5) is 0 Å². The van der Waals surface area contributed by atoms with E-state index in [1.54, 1.807) is 0 Å². The van der Waals surface area contributed by atoms with Crippen molar-refractivity contribution in [2.75, 3.05) is 52.5 Å². The van der Waals surface area contributed by atoms with Gasteiger partial charge in [-0.25, -0.2) is 0 Å². The van der Waals surface area contributed by atoms with Gasteiger partial charge in [0.15, 0.2) is 0 Å². The van der Waals surface area contributed by atoms with E-state index < -0.39 is 0 Å². The van der Waals surface area contributed by atoms with E-state index in [0.717, 1.165) is 38.8 Å². The molecule has 0 spiro atoms. The molecule has 1 atom stereocenters. The van der Waals surface area contributed by atoms with Gasteiger partial charge in [0.2, 0.25) is 0 Å². The Kier molecular flexibility index (Phi) is 5.22. The fraction of sp³-hybridized carbons (Fsp3) is 1.00. The van der Waals surface area contributed by atoms with Gasteiger partial charge in [0.05, 0.1) is 13.2 Å². The van der Waals surface area contributed by atoms with Crippen LogP contribution in [0.3, 0.4) is 0 Å². The quantitative estimate of drug-likeness (QED) is 0.772. The second-order valence-corrected chi connectivity index (χ2v) is 5.35. The molecule has 2 rings (SSSR count). The highest BCUT2D eigenvalue weighted by Gasteiger charge is 2.25. The summed E-state index contributed by atoms with van der Waals surface area (Å²) in [5.41, 5.74) is 6.37. The highest BCUT2D eigenvalue weighted by atomic mass is 16.5. The van der Waals surface area contributed by atoms with E-state index in [0.29, 0.717) is 6.04 Å². The zero-order valence-corrected chi connectivity index (χ0v) is 11.1. The Hall–Kier alpha value is -0.160. The van der Waals surface area contributed by atoms with Gasteiger partial charge >= 0.3 is 0 Å². The Labute approximate surface area is 105 Å². The van der Waals surface area contributed by atoms with Crippen molar-refractivity contribution in [1.82, 2.24) is 9.80 Å². The molecule has 2 heterocycles. The number of rotatable bonds is 4. The van der Waals surface area contributed by atoms with E-state index in [1.165, 1.54) is 32.5 Å². The van der Waals surface area contributed by atoms with Crippen LogP contribution >= 0.6 is 0 Å². The van der Waals surface area contributed by atoms with Crippen LogP contribution in [0, 0.1) is 5.92 Å². The summed E-state index contributed by atoms with van der Waals surface area (Å²) in [6.45, 7) is 10.8. The summed E-state index contributed by atoms with van der Waals surface area (Å²) in [6, 6.07) is 0.354. The van der Waals surface area contributed by atoms with Gasteiger partial charge in [-0.2, -0.15) is 0 Å². The van der Waals surface area contributed by atoms with Gasteiger partial charge in [-0.05, 0) is 38.4 Å². The fourth-order valence-electron chi connectivity index (χ4n) is 2.93. The maximum Gasteiger partial charge on any atom is 0.0594 e. The molecule has 2 saturated heterocycles. The van der Waals surface area contributed by atoms with Crippen LogP contribution in [-0.2, 0) is 4.74 Å². The molecule has 0 aliphatic carbocycles. The highest BCUT2D eigenvalue weighted by Crippen LogP contribution is 2.20. The summed E-state index contributed by atoms with van der Waals surface area (Å²) in [5, 5.41) is 0. The number of ether oxygens (including phenoxy) is 1. The predicted octanol–water partition coefficient (Wildman–Crippen LogP) is 0.378. The molecule has 0 radical (unpaired) electrons. The van der Waals surface area contributed by atoms with Gasteiger partial charge in [0.25, 0.3) is 0 Å². The molecule has 0 aromatic rings. The molecule has 2 N–H and O–H groups in total. The Balaban J connectivity index is 1.70. The van der Waals surface area contributed by atoms with Crippen molar-refractivity contribution in [1.29, 1.82) is 0 Å². The predicted molar refractivity (Wildman–Crippen MR) is 70.1 cm³/mol. The summed E-state index contributed by atoms with van der Waals surface area (Å²) in [5.74, 6) is 0.723. The van der Waals surface area contributed by atoms with E-state index in [2.05, 4.69) is 16.7 Å². The van der Waals surface area contributed by atoms with Crippen LogP contribution < -0.4 is 5.73 Å². The van der Waals surface area contributed by atoms with Crippen molar-refractivity contribution < 1.29 is 4.74 Å². The second kappa shape index (κ2) is 6.69. The average Bonchev–Trinajstić information content (AvgIpc) is 2.40. The minimum absolute atomic E-state index is 0.354. The van der Waals surface area contributed by atoms with Gasteiger partial charge in [-0.15, -0.1) is 0 Å². The maximum absolute atomic E-state index is 6.37. The Morgan fingerprint density at radius 3 is 2.35 bits per heavy atom. The number of morpholine rings is 1. The molecule has 4 heteroatoms. The maximum atomic E-state index is 6.37. The fourth-order valence-corrected chi connectivity index (χ4v) is 2.93. The molecular weight excluding hydrogens is 214 g/mol. The lowest BCUT2D eigenvalue weighted by Gasteiger charge is -2.37. The zero-order valence-electron chi connectivity index (χ0n) is 11.1.